The lowest BCUT2D eigenvalue weighted by Gasteiger charge is -2.24. The van der Waals surface area contributed by atoms with Crippen molar-refractivity contribution in [3.63, 3.8) is 0 Å². The first-order chi connectivity index (χ1) is 9.77. The molecule has 0 bridgehead atoms. The number of aliphatic hydroxyl groups is 1. The van der Waals surface area contributed by atoms with Crippen molar-refractivity contribution in [3.8, 4) is 0 Å². The van der Waals surface area contributed by atoms with Crippen molar-refractivity contribution in [1.82, 2.24) is 5.32 Å². The van der Waals surface area contributed by atoms with E-state index in [1.165, 1.54) is 6.07 Å². The summed E-state index contributed by atoms with van der Waals surface area (Å²) in [6.07, 6.45) is 1.98. The van der Waals surface area contributed by atoms with Gasteiger partial charge in [0.25, 0.3) is 5.91 Å². The Bertz CT molecular complexity index is 695. The Hall–Kier alpha value is -0.900. The van der Waals surface area contributed by atoms with Crippen LogP contribution in [0.25, 0.3) is 5.57 Å². The molecule has 3 nitrogen and oxygen atoms in total. The van der Waals surface area contributed by atoms with Crippen LogP contribution in [0.3, 0.4) is 0 Å². The number of nitrogens with one attached hydrogen (secondary N) is 1. The molecule has 2 aliphatic rings. The highest BCUT2D eigenvalue weighted by Gasteiger charge is 2.52. The molecule has 0 spiro atoms. The average molecular weight is 347 g/mol. The molecule has 1 fully saturated rings. The number of hydrogen-bond acceptors (Lipinski definition) is 2. The van der Waals surface area contributed by atoms with Gasteiger partial charge in [0.05, 0.1) is 26.2 Å². The van der Waals surface area contributed by atoms with Gasteiger partial charge < -0.3 is 10.4 Å². The van der Waals surface area contributed by atoms with E-state index in [1.54, 1.807) is 6.92 Å². The van der Waals surface area contributed by atoms with Crippen molar-refractivity contribution >= 4 is 46.3 Å². The Balaban J connectivity index is 2.23. The van der Waals surface area contributed by atoms with Crippen LogP contribution in [-0.4, -0.2) is 16.6 Å². The number of rotatable bonds is 2. The second-order valence-electron chi connectivity index (χ2n) is 5.81. The summed E-state index contributed by atoms with van der Waals surface area (Å²) >= 11 is 18.4. The molecule has 3 rings (SSSR count). The smallest absolute Gasteiger partial charge is 0.256 e. The summed E-state index contributed by atoms with van der Waals surface area (Å²) in [6.45, 7) is 3.57. The highest BCUT2D eigenvalue weighted by molar-refractivity contribution is 6.45. The second kappa shape index (κ2) is 4.80. The first-order valence-corrected chi connectivity index (χ1v) is 7.81. The summed E-state index contributed by atoms with van der Waals surface area (Å²) in [5, 5.41) is 14.5. The Labute approximate surface area is 137 Å². The molecule has 1 aliphatic heterocycles. The lowest BCUT2D eigenvalue weighted by atomic mass is 9.91. The van der Waals surface area contributed by atoms with E-state index >= 15 is 0 Å². The Morgan fingerprint density at radius 2 is 1.90 bits per heavy atom. The van der Waals surface area contributed by atoms with Crippen LogP contribution in [0.4, 0.5) is 0 Å². The largest absolute Gasteiger partial charge is 0.509 e. The quantitative estimate of drug-likeness (QED) is 0.773. The molecular weight excluding hydrogens is 333 g/mol. The summed E-state index contributed by atoms with van der Waals surface area (Å²) in [5.41, 5.74) is 0.524. The van der Waals surface area contributed by atoms with Gasteiger partial charge in [-0.3, -0.25) is 4.79 Å². The predicted octanol–water partition coefficient (Wildman–Crippen LogP) is 4.52. The van der Waals surface area contributed by atoms with Crippen LogP contribution in [0.5, 0.6) is 0 Å². The maximum absolute atomic E-state index is 12.4. The minimum atomic E-state index is -0.714. The zero-order valence-electron chi connectivity index (χ0n) is 11.6. The zero-order chi connectivity index (χ0) is 15.5. The topological polar surface area (TPSA) is 49.3 Å². The molecule has 0 radical (unpaired) electrons. The van der Waals surface area contributed by atoms with Crippen molar-refractivity contribution in [1.29, 1.82) is 0 Å². The number of hydrogen-bond donors (Lipinski definition) is 2. The molecule has 0 saturated heterocycles. The number of benzene rings is 1. The van der Waals surface area contributed by atoms with Crippen molar-refractivity contribution in [2.45, 2.75) is 32.2 Å². The van der Waals surface area contributed by atoms with Crippen LogP contribution in [-0.2, 0) is 4.79 Å². The van der Waals surface area contributed by atoms with Gasteiger partial charge in [-0.1, -0.05) is 34.8 Å². The fraction of sp³-hybridized carbons (Fsp3) is 0.400. The Kier molecular flexibility index (Phi) is 3.43. The first-order valence-electron chi connectivity index (χ1n) is 6.68. The average Bonchev–Trinajstić information content (AvgIpc) is 3.21. The third-order valence-electron chi connectivity index (χ3n) is 4.38. The summed E-state index contributed by atoms with van der Waals surface area (Å²) < 4.78 is 0. The molecule has 1 aliphatic carbocycles. The molecular formula is C15H14Cl3NO2. The number of carbonyl (C=O) groups excluding carboxylic acids is 1. The Morgan fingerprint density at radius 3 is 2.48 bits per heavy atom. The van der Waals surface area contributed by atoms with Crippen molar-refractivity contribution in [2.24, 2.45) is 5.92 Å². The first kappa shape index (κ1) is 15.0. The minimum absolute atomic E-state index is 0.0402. The van der Waals surface area contributed by atoms with Crippen LogP contribution in [0, 0.1) is 12.8 Å². The zero-order valence-corrected chi connectivity index (χ0v) is 13.8. The number of aliphatic hydroxyl groups excluding tert-OH is 1. The van der Waals surface area contributed by atoms with E-state index in [4.69, 9.17) is 34.8 Å². The molecule has 1 aromatic rings. The lowest BCUT2D eigenvalue weighted by Crippen LogP contribution is -2.43. The van der Waals surface area contributed by atoms with E-state index < -0.39 is 5.54 Å². The molecule has 1 heterocycles. The van der Waals surface area contributed by atoms with Crippen molar-refractivity contribution in [2.75, 3.05) is 0 Å². The van der Waals surface area contributed by atoms with Gasteiger partial charge in [-0.05, 0) is 44.2 Å². The van der Waals surface area contributed by atoms with E-state index in [9.17, 15) is 9.90 Å². The third-order valence-corrected chi connectivity index (χ3v) is 5.56. The summed E-state index contributed by atoms with van der Waals surface area (Å²) in [6, 6.07) is 1.49. The molecule has 1 saturated carbocycles. The van der Waals surface area contributed by atoms with Gasteiger partial charge in [0.2, 0.25) is 0 Å². The fourth-order valence-corrected chi connectivity index (χ4v) is 3.74. The van der Waals surface area contributed by atoms with E-state index in [-0.39, 0.29) is 23.2 Å². The van der Waals surface area contributed by atoms with Gasteiger partial charge in [0, 0.05) is 5.56 Å². The highest BCUT2D eigenvalue weighted by Crippen LogP contribution is 2.49. The second-order valence-corrected chi connectivity index (χ2v) is 7.00. The van der Waals surface area contributed by atoms with Gasteiger partial charge in [-0.15, -0.1) is 0 Å². The molecule has 1 atom stereocenters. The van der Waals surface area contributed by atoms with Crippen LogP contribution in [0.2, 0.25) is 15.1 Å². The monoisotopic (exact) mass is 345 g/mol. The van der Waals surface area contributed by atoms with Gasteiger partial charge in [0.15, 0.2) is 0 Å². The van der Waals surface area contributed by atoms with Gasteiger partial charge in [0.1, 0.15) is 5.76 Å². The maximum Gasteiger partial charge on any atom is 0.256 e. The Morgan fingerprint density at radius 1 is 1.29 bits per heavy atom. The van der Waals surface area contributed by atoms with Crippen LogP contribution >= 0.6 is 34.8 Å². The van der Waals surface area contributed by atoms with Crippen LogP contribution in [0.1, 0.15) is 30.9 Å². The van der Waals surface area contributed by atoms with E-state index in [0.29, 0.717) is 26.2 Å². The third kappa shape index (κ3) is 2.14. The molecule has 1 amide bonds. The molecule has 0 aromatic heterocycles. The lowest BCUT2D eigenvalue weighted by molar-refractivity contribution is -0.116. The van der Waals surface area contributed by atoms with Crippen molar-refractivity contribution < 1.29 is 9.90 Å². The fourth-order valence-electron chi connectivity index (χ4n) is 2.93. The number of halogens is 3. The number of carbonyl (C=O) groups is 1. The summed E-state index contributed by atoms with van der Waals surface area (Å²) in [5.74, 6) is -0.0236. The van der Waals surface area contributed by atoms with Crippen LogP contribution in [0.15, 0.2) is 11.8 Å². The standard InChI is InChI=1S/C15H14Cl3NO2/c1-6-10(8(16)5-9(17)12(6)18)11-13(20)15(2,7-3-4-7)19-14(11)21/h5,7,20H,3-4H2,1-2H3,(H,19,21). The molecule has 1 unspecified atom stereocenters. The predicted molar refractivity (Wildman–Crippen MR) is 85.0 cm³/mol. The van der Waals surface area contributed by atoms with Gasteiger partial charge in [-0.2, -0.15) is 0 Å². The summed E-state index contributed by atoms with van der Waals surface area (Å²) in [7, 11) is 0. The minimum Gasteiger partial charge on any atom is -0.509 e. The SMILES string of the molecule is Cc1c(Cl)c(Cl)cc(Cl)c1C1=C(O)C(C)(C2CC2)NC1=O. The molecule has 6 heteroatoms. The van der Waals surface area contributed by atoms with Gasteiger partial charge >= 0.3 is 0 Å². The van der Waals surface area contributed by atoms with Gasteiger partial charge in [-0.25, -0.2) is 0 Å². The van der Waals surface area contributed by atoms with E-state index in [2.05, 4.69) is 5.32 Å². The van der Waals surface area contributed by atoms with E-state index in [1.807, 2.05) is 6.92 Å². The molecule has 21 heavy (non-hydrogen) atoms. The molecule has 1 aromatic carbocycles. The molecule has 2 N–H and O–H groups in total. The van der Waals surface area contributed by atoms with Crippen molar-refractivity contribution in [3.05, 3.63) is 38.0 Å². The highest BCUT2D eigenvalue weighted by atomic mass is 35.5. The van der Waals surface area contributed by atoms with E-state index in [0.717, 1.165) is 12.8 Å². The summed E-state index contributed by atoms with van der Waals surface area (Å²) in [4.78, 5) is 12.4. The molecule has 112 valence electrons. The maximum atomic E-state index is 12.4. The number of amides is 1. The normalized spacial score (nSPS) is 25.5. The van der Waals surface area contributed by atoms with Crippen LogP contribution < -0.4 is 5.32 Å².